The molecule has 5 nitrogen and oxygen atoms in total. The van der Waals surface area contributed by atoms with Gasteiger partial charge in [-0.1, -0.05) is 32.9 Å². The Morgan fingerprint density at radius 1 is 1.43 bits per heavy atom. The summed E-state index contributed by atoms with van der Waals surface area (Å²) in [6.07, 6.45) is -0.743. The molecule has 0 saturated carbocycles. The maximum absolute atomic E-state index is 14.0. The Bertz CT molecular complexity index is 613. The van der Waals surface area contributed by atoms with Crippen LogP contribution in [0.25, 0.3) is 0 Å². The van der Waals surface area contributed by atoms with Crippen molar-refractivity contribution in [1.29, 1.82) is 0 Å². The van der Waals surface area contributed by atoms with E-state index in [2.05, 4.69) is 5.32 Å². The lowest BCUT2D eigenvalue weighted by atomic mass is 9.68. The number of piperazine rings is 1. The second-order valence-electron chi connectivity index (χ2n) is 7.27. The lowest BCUT2D eigenvalue weighted by Crippen LogP contribution is -2.69. The normalized spacial score (nSPS) is 22.2. The molecule has 1 aromatic rings. The number of carbonyl (C=O) groups is 1. The summed E-state index contributed by atoms with van der Waals surface area (Å²) in [5.41, 5.74) is -0.367. The molecule has 3 N–H and O–H groups in total. The van der Waals surface area contributed by atoms with Gasteiger partial charge in [-0.2, -0.15) is 0 Å². The molecule has 1 fully saturated rings. The van der Waals surface area contributed by atoms with Gasteiger partial charge in [0, 0.05) is 26.1 Å². The fourth-order valence-corrected chi connectivity index (χ4v) is 3.33. The van der Waals surface area contributed by atoms with Gasteiger partial charge in [-0.25, -0.2) is 9.18 Å². The van der Waals surface area contributed by atoms with Crippen molar-refractivity contribution in [2.75, 3.05) is 19.6 Å². The Morgan fingerprint density at radius 2 is 2.09 bits per heavy atom. The number of carboxylic acid groups (broad SMARTS) is 1. The van der Waals surface area contributed by atoms with Crippen molar-refractivity contribution >= 4 is 6.09 Å². The molecule has 1 saturated heterocycles. The summed E-state index contributed by atoms with van der Waals surface area (Å²) in [6, 6.07) is 3.29. The molecular weight excluding hydrogens is 299 g/mol. The molecule has 2 rings (SSSR count). The molecule has 1 aliphatic rings. The van der Waals surface area contributed by atoms with Gasteiger partial charge in [-0.15, -0.1) is 0 Å². The Kier molecular flexibility index (Phi) is 4.57. The average Bonchev–Trinajstić information content (AvgIpc) is 2.47. The summed E-state index contributed by atoms with van der Waals surface area (Å²) in [4.78, 5) is 13.2. The number of benzene rings is 1. The van der Waals surface area contributed by atoms with Gasteiger partial charge in [-0.3, -0.25) is 4.90 Å². The standard InChI is InChI=1S/C17H25FN2O3/c1-11-5-6-12(14(21)13(11)18)9-17(16(2,3)4)10-19-7-8-20(17)15(22)23/h5-6,19,21H,7-10H2,1-4H3,(H,22,23). The minimum Gasteiger partial charge on any atom is -0.505 e. The van der Waals surface area contributed by atoms with Gasteiger partial charge in [-0.05, 0) is 23.5 Å². The summed E-state index contributed by atoms with van der Waals surface area (Å²) in [5, 5.41) is 23.0. The zero-order chi connectivity index (χ0) is 17.4. The molecule has 1 atom stereocenters. The third kappa shape index (κ3) is 3.00. The van der Waals surface area contributed by atoms with Crippen LogP contribution in [0.4, 0.5) is 9.18 Å². The van der Waals surface area contributed by atoms with E-state index in [1.807, 2.05) is 20.8 Å². The number of nitrogens with one attached hydrogen (secondary N) is 1. The summed E-state index contributed by atoms with van der Waals surface area (Å²) < 4.78 is 14.0. The van der Waals surface area contributed by atoms with Crippen molar-refractivity contribution in [1.82, 2.24) is 10.2 Å². The molecule has 1 aromatic carbocycles. The van der Waals surface area contributed by atoms with E-state index in [9.17, 15) is 19.4 Å². The lowest BCUT2D eigenvalue weighted by Gasteiger charge is -2.54. The van der Waals surface area contributed by atoms with Gasteiger partial charge in [0.1, 0.15) is 0 Å². The van der Waals surface area contributed by atoms with E-state index in [0.29, 0.717) is 30.8 Å². The lowest BCUT2D eigenvalue weighted by molar-refractivity contribution is -0.0144. The number of phenols is 1. The van der Waals surface area contributed by atoms with E-state index >= 15 is 0 Å². The van der Waals surface area contributed by atoms with Gasteiger partial charge in [0.2, 0.25) is 0 Å². The molecule has 0 radical (unpaired) electrons. The minimum atomic E-state index is -0.992. The Labute approximate surface area is 136 Å². The average molecular weight is 324 g/mol. The van der Waals surface area contributed by atoms with E-state index in [1.165, 1.54) is 4.90 Å². The van der Waals surface area contributed by atoms with Gasteiger partial charge < -0.3 is 15.5 Å². The summed E-state index contributed by atoms with van der Waals surface area (Å²) in [6.45, 7) is 8.90. The summed E-state index contributed by atoms with van der Waals surface area (Å²) in [7, 11) is 0. The van der Waals surface area contributed by atoms with Crippen LogP contribution in [0.3, 0.4) is 0 Å². The van der Waals surface area contributed by atoms with Crippen molar-refractivity contribution < 1.29 is 19.4 Å². The maximum Gasteiger partial charge on any atom is 0.407 e. The third-order valence-corrected chi connectivity index (χ3v) is 4.95. The Balaban J connectivity index is 2.52. The second-order valence-corrected chi connectivity index (χ2v) is 7.27. The molecule has 6 heteroatoms. The number of phenolic OH excluding ortho intramolecular Hbond substituents is 1. The highest BCUT2D eigenvalue weighted by atomic mass is 19.1. The van der Waals surface area contributed by atoms with Crippen LogP contribution in [0.1, 0.15) is 31.9 Å². The van der Waals surface area contributed by atoms with Crippen molar-refractivity contribution in [3.8, 4) is 5.75 Å². The fraction of sp³-hybridized carbons (Fsp3) is 0.588. The highest BCUT2D eigenvalue weighted by molar-refractivity contribution is 5.67. The third-order valence-electron chi connectivity index (χ3n) is 4.95. The van der Waals surface area contributed by atoms with Crippen LogP contribution in [-0.2, 0) is 6.42 Å². The van der Waals surface area contributed by atoms with Gasteiger partial charge in [0.25, 0.3) is 0 Å². The van der Waals surface area contributed by atoms with Crippen molar-refractivity contribution in [2.45, 2.75) is 39.7 Å². The molecule has 1 aliphatic heterocycles. The van der Waals surface area contributed by atoms with Crippen LogP contribution in [0.5, 0.6) is 5.75 Å². The van der Waals surface area contributed by atoms with Gasteiger partial charge in [0.15, 0.2) is 11.6 Å². The molecular formula is C17H25FN2O3. The predicted octanol–water partition coefficient (Wildman–Crippen LogP) is 2.75. The van der Waals surface area contributed by atoms with Crippen LogP contribution in [-0.4, -0.2) is 46.4 Å². The van der Waals surface area contributed by atoms with Gasteiger partial charge in [0.05, 0.1) is 5.54 Å². The molecule has 1 unspecified atom stereocenters. The predicted molar refractivity (Wildman–Crippen MR) is 86.3 cm³/mol. The smallest absolute Gasteiger partial charge is 0.407 e. The Morgan fingerprint density at radius 3 is 2.65 bits per heavy atom. The fourth-order valence-electron chi connectivity index (χ4n) is 3.33. The molecule has 1 amide bonds. The highest BCUT2D eigenvalue weighted by Crippen LogP contribution is 2.41. The van der Waals surface area contributed by atoms with Gasteiger partial charge >= 0.3 is 6.09 Å². The van der Waals surface area contributed by atoms with E-state index in [4.69, 9.17) is 0 Å². The largest absolute Gasteiger partial charge is 0.505 e. The number of nitrogens with zero attached hydrogens (tertiary/aromatic N) is 1. The van der Waals surface area contributed by atoms with E-state index in [0.717, 1.165) is 0 Å². The van der Waals surface area contributed by atoms with Crippen LogP contribution in [0, 0.1) is 18.2 Å². The minimum absolute atomic E-state index is 0.249. The first-order valence-electron chi connectivity index (χ1n) is 7.78. The number of halogens is 1. The van der Waals surface area contributed by atoms with Crippen LogP contribution in [0.15, 0.2) is 12.1 Å². The first kappa shape index (κ1) is 17.5. The topological polar surface area (TPSA) is 72.8 Å². The monoisotopic (exact) mass is 324 g/mol. The molecule has 0 aliphatic carbocycles. The maximum atomic E-state index is 14.0. The first-order chi connectivity index (χ1) is 10.6. The molecule has 23 heavy (non-hydrogen) atoms. The molecule has 128 valence electrons. The first-order valence-corrected chi connectivity index (χ1v) is 7.78. The Hall–Kier alpha value is -1.82. The van der Waals surface area contributed by atoms with Crippen LogP contribution in [0.2, 0.25) is 0 Å². The summed E-state index contributed by atoms with van der Waals surface area (Å²) in [5.74, 6) is -1.03. The molecule has 0 aromatic heterocycles. The number of rotatable bonds is 2. The zero-order valence-corrected chi connectivity index (χ0v) is 14.1. The number of aryl methyl sites for hydroxylation is 1. The highest BCUT2D eigenvalue weighted by Gasteiger charge is 2.50. The van der Waals surface area contributed by atoms with Crippen LogP contribution < -0.4 is 5.32 Å². The zero-order valence-electron chi connectivity index (χ0n) is 14.1. The number of aromatic hydroxyl groups is 1. The second kappa shape index (κ2) is 6.00. The van der Waals surface area contributed by atoms with E-state index in [1.54, 1.807) is 19.1 Å². The van der Waals surface area contributed by atoms with Crippen molar-refractivity contribution in [2.24, 2.45) is 5.41 Å². The number of hydrogen-bond acceptors (Lipinski definition) is 3. The number of hydrogen-bond donors (Lipinski definition) is 3. The van der Waals surface area contributed by atoms with Crippen molar-refractivity contribution in [3.05, 3.63) is 29.1 Å². The summed E-state index contributed by atoms with van der Waals surface area (Å²) >= 11 is 0. The van der Waals surface area contributed by atoms with E-state index in [-0.39, 0.29) is 12.2 Å². The number of amides is 1. The molecule has 0 bridgehead atoms. The van der Waals surface area contributed by atoms with E-state index < -0.39 is 22.9 Å². The SMILES string of the molecule is Cc1ccc(CC2(C(C)(C)C)CNCCN2C(=O)O)c(O)c1F. The molecule has 1 heterocycles. The quantitative estimate of drug-likeness (QED) is 0.782. The van der Waals surface area contributed by atoms with Crippen LogP contribution >= 0.6 is 0 Å². The van der Waals surface area contributed by atoms with Crippen molar-refractivity contribution in [3.63, 3.8) is 0 Å². The molecule has 0 spiro atoms.